The van der Waals surface area contributed by atoms with Crippen molar-refractivity contribution in [2.45, 2.75) is 12.3 Å². The molecule has 0 spiro atoms. The van der Waals surface area contributed by atoms with Crippen LogP contribution in [0.2, 0.25) is 0 Å². The number of aliphatic imine (C=N–C) groups is 1. The van der Waals surface area contributed by atoms with Gasteiger partial charge >= 0.3 is 0 Å². The highest BCUT2D eigenvalue weighted by atomic mass is 16.3. The second-order valence-corrected chi connectivity index (χ2v) is 14.4. The van der Waals surface area contributed by atoms with Crippen molar-refractivity contribution in [1.82, 2.24) is 15.2 Å². The second-order valence-electron chi connectivity index (χ2n) is 14.4. The predicted octanol–water partition coefficient (Wildman–Crippen LogP) is 12.4. The second kappa shape index (κ2) is 13.3. The Labute approximate surface area is 324 Å². The largest absolute Gasteiger partial charge is 0.455 e. The molecule has 2 aromatic heterocycles. The number of nitrogens with one attached hydrogen (secondary N) is 2. The van der Waals surface area contributed by atoms with Crippen molar-refractivity contribution < 1.29 is 4.42 Å². The minimum Gasteiger partial charge on any atom is -0.455 e. The van der Waals surface area contributed by atoms with Gasteiger partial charge in [-0.3, -0.25) is 5.32 Å². The standard InChI is InChI=1S/C51H36N4O/c1-4-14-33(15-5-1)39-21-12-23-42-43-24-13-22-40(48(43)56-47(39)42)37-28-31-46-44(32-37)41-20-10-11-25-45(41)55(46)38-29-26-36(27-30-38)51-53-49(34-16-6-2-7-17-34)52-50(54-51)35-18-8-3-9-19-35/h1-32,49,51,53H,(H,52,54). The number of aromatic nitrogens is 1. The van der Waals surface area contributed by atoms with Gasteiger partial charge in [0, 0.05) is 43.9 Å². The summed E-state index contributed by atoms with van der Waals surface area (Å²) in [5.74, 6) is 0.875. The zero-order valence-electron chi connectivity index (χ0n) is 30.4. The quantitative estimate of drug-likeness (QED) is 0.180. The Bertz CT molecular complexity index is 3070. The van der Waals surface area contributed by atoms with Gasteiger partial charge in [-0.25, -0.2) is 4.99 Å². The number of hydrogen-bond donors (Lipinski definition) is 2. The molecule has 0 aliphatic carbocycles. The topological polar surface area (TPSA) is 54.5 Å². The number of rotatable bonds is 6. The maximum Gasteiger partial charge on any atom is 0.143 e. The number of fused-ring (bicyclic) bond motifs is 6. The number of furan rings is 1. The van der Waals surface area contributed by atoms with Gasteiger partial charge in [-0.1, -0.05) is 164 Å². The van der Waals surface area contributed by atoms with Gasteiger partial charge in [-0.05, 0) is 52.6 Å². The summed E-state index contributed by atoms with van der Waals surface area (Å²) in [7, 11) is 0. The summed E-state index contributed by atoms with van der Waals surface area (Å²) in [6.07, 6.45) is -0.312. The molecular weight excluding hydrogens is 685 g/mol. The maximum atomic E-state index is 6.80. The van der Waals surface area contributed by atoms with Gasteiger partial charge in [0.2, 0.25) is 0 Å². The molecule has 11 rings (SSSR count). The fourth-order valence-electron chi connectivity index (χ4n) is 8.41. The molecule has 5 nitrogen and oxygen atoms in total. The van der Waals surface area contributed by atoms with Crippen molar-refractivity contribution in [3.63, 3.8) is 0 Å². The Hall–Kier alpha value is -7.21. The van der Waals surface area contributed by atoms with Crippen molar-refractivity contribution in [1.29, 1.82) is 0 Å². The monoisotopic (exact) mass is 720 g/mol. The molecular formula is C51H36N4O. The minimum absolute atomic E-state index is 0.0866. The van der Waals surface area contributed by atoms with Crippen LogP contribution in [-0.4, -0.2) is 10.4 Å². The summed E-state index contributed by atoms with van der Waals surface area (Å²) < 4.78 is 9.17. The summed E-state index contributed by atoms with van der Waals surface area (Å²) in [6.45, 7) is 0. The molecule has 5 heteroatoms. The van der Waals surface area contributed by atoms with Crippen LogP contribution in [0.4, 0.5) is 0 Å². The maximum absolute atomic E-state index is 6.80. The van der Waals surface area contributed by atoms with E-state index < -0.39 is 0 Å². The van der Waals surface area contributed by atoms with E-state index >= 15 is 0 Å². The van der Waals surface area contributed by atoms with Gasteiger partial charge in [-0.2, -0.15) is 0 Å². The van der Waals surface area contributed by atoms with E-state index in [0.717, 1.165) is 83.4 Å². The molecule has 8 aromatic carbocycles. The fourth-order valence-corrected chi connectivity index (χ4v) is 8.41. The minimum atomic E-state index is -0.226. The van der Waals surface area contributed by atoms with E-state index in [1.807, 2.05) is 18.2 Å². The van der Waals surface area contributed by atoms with Crippen LogP contribution < -0.4 is 10.6 Å². The third-order valence-electron chi connectivity index (χ3n) is 11.1. The van der Waals surface area contributed by atoms with E-state index in [1.54, 1.807) is 0 Å². The summed E-state index contributed by atoms with van der Waals surface area (Å²) in [5, 5.41) is 12.0. The van der Waals surface area contributed by atoms with Gasteiger partial charge in [-0.15, -0.1) is 0 Å². The van der Waals surface area contributed by atoms with Gasteiger partial charge < -0.3 is 14.3 Å². The van der Waals surface area contributed by atoms with Crippen LogP contribution in [-0.2, 0) is 0 Å². The first kappa shape index (κ1) is 32.2. The SMILES string of the molecule is c1ccc(C2=NC(c3ccc(-n4c5ccccc5c5cc(-c6cccc7c6oc6c(-c8ccccc8)cccc67)ccc54)cc3)NC(c3ccccc3)N2)cc1. The first-order valence-electron chi connectivity index (χ1n) is 19.1. The number of hydrogen-bond acceptors (Lipinski definition) is 4. The van der Waals surface area contributed by atoms with E-state index in [-0.39, 0.29) is 12.3 Å². The molecule has 2 unspecified atom stereocenters. The molecule has 0 bridgehead atoms. The molecule has 266 valence electrons. The van der Waals surface area contributed by atoms with E-state index in [1.165, 1.54) is 10.8 Å². The van der Waals surface area contributed by atoms with E-state index in [9.17, 15) is 0 Å². The summed E-state index contributed by atoms with van der Waals surface area (Å²) in [5.41, 5.74) is 13.0. The fraction of sp³-hybridized carbons (Fsp3) is 0.0392. The molecule has 0 saturated carbocycles. The molecule has 10 aromatic rings. The average Bonchev–Trinajstić information content (AvgIpc) is 3.83. The predicted molar refractivity (Wildman–Crippen MR) is 230 cm³/mol. The Morgan fingerprint density at radius 2 is 1.04 bits per heavy atom. The summed E-state index contributed by atoms with van der Waals surface area (Å²) >= 11 is 0. The Kier molecular flexibility index (Phi) is 7.64. The highest BCUT2D eigenvalue weighted by Crippen LogP contribution is 2.42. The summed E-state index contributed by atoms with van der Waals surface area (Å²) in [6, 6.07) is 68.6. The van der Waals surface area contributed by atoms with E-state index in [0.29, 0.717) is 0 Å². The molecule has 2 atom stereocenters. The van der Waals surface area contributed by atoms with E-state index in [2.05, 4.69) is 191 Å². The molecule has 0 saturated heterocycles. The highest BCUT2D eigenvalue weighted by Gasteiger charge is 2.26. The zero-order chi connectivity index (χ0) is 37.0. The molecule has 3 heterocycles. The molecule has 2 N–H and O–H groups in total. The van der Waals surface area contributed by atoms with Crippen LogP contribution in [0.1, 0.15) is 29.0 Å². The Balaban J connectivity index is 0.991. The highest BCUT2D eigenvalue weighted by molar-refractivity contribution is 6.15. The average molecular weight is 721 g/mol. The van der Waals surface area contributed by atoms with Crippen molar-refractivity contribution >= 4 is 49.6 Å². The Morgan fingerprint density at radius 1 is 0.446 bits per heavy atom. The lowest BCUT2D eigenvalue weighted by molar-refractivity contribution is 0.409. The van der Waals surface area contributed by atoms with Crippen LogP contribution in [0.15, 0.2) is 204 Å². The molecule has 0 amide bonds. The van der Waals surface area contributed by atoms with Gasteiger partial charge in [0.15, 0.2) is 0 Å². The van der Waals surface area contributed by atoms with Crippen molar-refractivity contribution in [3.05, 3.63) is 211 Å². The van der Waals surface area contributed by atoms with Crippen LogP contribution >= 0.6 is 0 Å². The van der Waals surface area contributed by atoms with Crippen molar-refractivity contribution in [3.8, 4) is 27.9 Å². The number of para-hydroxylation sites is 3. The number of benzene rings is 8. The lowest BCUT2D eigenvalue weighted by atomic mass is 9.99. The first-order chi connectivity index (χ1) is 27.8. The van der Waals surface area contributed by atoms with Crippen LogP contribution in [0.5, 0.6) is 0 Å². The normalized spacial score (nSPS) is 15.7. The molecule has 1 aliphatic rings. The van der Waals surface area contributed by atoms with Gasteiger partial charge in [0.25, 0.3) is 0 Å². The first-order valence-corrected chi connectivity index (χ1v) is 19.1. The molecule has 1 aliphatic heterocycles. The molecule has 56 heavy (non-hydrogen) atoms. The van der Waals surface area contributed by atoms with Crippen LogP contribution in [0.3, 0.4) is 0 Å². The lowest BCUT2D eigenvalue weighted by Gasteiger charge is -2.32. The van der Waals surface area contributed by atoms with Crippen LogP contribution in [0.25, 0.3) is 71.7 Å². The Morgan fingerprint density at radius 3 is 1.75 bits per heavy atom. The number of nitrogens with zero attached hydrogens (tertiary/aromatic N) is 2. The summed E-state index contributed by atoms with van der Waals surface area (Å²) in [4.78, 5) is 5.16. The molecule has 0 fully saturated rings. The number of amidine groups is 1. The van der Waals surface area contributed by atoms with Gasteiger partial charge in [0.1, 0.15) is 29.3 Å². The van der Waals surface area contributed by atoms with Crippen molar-refractivity contribution in [2.24, 2.45) is 4.99 Å². The van der Waals surface area contributed by atoms with Crippen LogP contribution in [0, 0.1) is 0 Å². The van der Waals surface area contributed by atoms with Gasteiger partial charge in [0.05, 0.1) is 11.0 Å². The lowest BCUT2D eigenvalue weighted by Crippen LogP contribution is -2.44. The van der Waals surface area contributed by atoms with E-state index in [4.69, 9.17) is 9.41 Å². The van der Waals surface area contributed by atoms with Crippen molar-refractivity contribution in [2.75, 3.05) is 0 Å². The third-order valence-corrected chi connectivity index (χ3v) is 11.1. The molecule has 0 radical (unpaired) electrons. The smallest absolute Gasteiger partial charge is 0.143 e. The third kappa shape index (κ3) is 5.40. The zero-order valence-corrected chi connectivity index (χ0v) is 30.4.